The molecule has 32 heavy (non-hydrogen) atoms. The first-order valence-corrected chi connectivity index (χ1v) is 11.1. The Balaban J connectivity index is 1.58. The molecule has 1 aromatic carbocycles. The van der Waals surface area contributed by atoms with Crippen molar-refractivity contribution in [3.8, 4) is 11.8 Å². The van der Waals surface area contributed by atoms with Crippen LogP contribution in [0.1, 0.15) is 36.8 Å². The molecule has 1 fully saturated rings. The summed E-state index contributed by atoms with van der Waals surface area (Å²) in [6.45, 7) is 3.35. The van der Waals surface area contributed by atoms with E-state index in [9.17, 15) is 9.59 Å². The lowest BCUT2D eigenvalue weighted by Crippen LogP contribution is -2.48. The van der Waals surface area contributed by atoms with Gasteiger partial charge in [-0.2, -0.15) is 0 Å². The molecule has 2 aliphatic rings. The first kappa shape index (κ1) is 20.5. The van der Waals surface area contributed by atoms with Gasteiger partial charge in [0.2, 0.25) is 0 Å². The van der Waals surface area contributed by atoms with E-state index in [4.69, 9.17) is 5.73 Å². The van der Waals surface area contributed by atoms with Crippen molar-refractivity contribution in [2.75, 3.05) is 18.0 Å². The molecule has 0 saturated carbocycles. The predicted octanol–water partition coefficient (Wildman–Crippen LogP) is 1.05. The van der Waals surface area contributed by atoms with E-state index in [1.807, 2.05) is 17.0 Å². The van der Waals surface area contributed by atoms with Gasteiger partial charge in [0.25, 0.3) is 5.56 Å². The smallest absolute Gasteiger partial charge is 0.333 e. The van der Waals surface area contributed by atoms with Gasteiger partial charge in [-0.3, -0.25) is 13.9 Å². The standard InChI is InChI=1S/C24H26N6O2/c1-2-3-12-29-21(28-11-5-7-17(25)14-28)13-22(31)30(24(29)32)15-20-26-18-8-4-6-16-9-10-19(27-20)23(16)18/h4,6,8,13,17H,5,7,9-12,14-15,25H2,1H3. The summed E-state index contributed by atoms with van der Waals surface area (Å²) in [6.07, 6.45) is 3.66. The number of hydrogen-bond donors (Lipinski definition) is 1. The van der Waals surface area contributed by atoms with Crippen LogP contribution in [0, 0.1) is 11.8 Å². The number of piperidine rings is 1. The van der Waals surface area contributed by atoms with E-state index >= 15 is 0 Å². The van der Waals surface area contributed by atoms with Crippen LogP contribution in [0.5, 0.6) is 0 Å². The molecule has 0 amide bonds. The van der Waals surface area contributed by atoms with Crippen LogP contribution in [-0.4, -0.2) is 38.2 Å². The third-order valence-corrected chi connectivity index (χ3v) is 6.31. The maximum absolute atomic E-state index is 13.4. The van der Waals surface area contributed by atoms with Crippen molar-refractivity contribution in [3.05, 3.63) is 62.2 Å². The molecule has 0 spiro atoms. The first-order chi connectivity index (χ1) is 15.5. The lowest BCUT2D eigenvalue weighted by Gasteiger charge is -2.33. The summed E-state index contributed by atoms with van der Waals surface area (Å²) in [7, 11) is 0. The summed E-state index contributed by atoms with van der Waals surface area (Å²) in [5.41, 5.74) is 8.49. The molecule has 0 bridgehead atoms. The fourth-order valence-electron chi connectivity index (χ4n) is 4.78. The summed E-state index contributed by atoms with van der Waals surface area (Å²) in [5, 5.41) is 1.11. The van der Waals surface area contributed by atoms with Crippen molar-refractivity contribution < 1.29 is 0 Å². The highest BCUT2D eigenvalue weighted by molar-refractivity contribution is 5.86. The molecule has 8 nitrogen and oxygen atoms in total. The van der Waals surface area contributed by atoms with Crippen LogP contribution < -0.4 is 21.9 Å². The minimum Gasteiger partial charge on any atom is -0.356 e. The average molecular weight is 431 g/mol. The normalized spacial score (nSPS) is 17.4. The minimum absolute atomic E-state index is 0.0239. The average Bonchev–Trinajstić information content (AvgIpc) is 3.20. The number of hydrogen-bond acceptors (Lipinski definition) is 6. The van der Waals surface area contributed by atoms with Gasteiger partial charge < -0.3 is 10.6 Å². The van der Waals surface area contributed by atoms with Crippen molar-refractivity contribution in [2.45, 2.75) is 51.7 Å². The van der Waals surface area contributed by atoms with Crippen LogP contribution in [0.2, 0.25) is 0 Å². The van der Waals surface area contributed by atoms with Gasteiger partial charge in [-0.05, 0) is 44.2 Å². The number of nitrogens with two attached hydrogens (primary N) is 1. The van der Waals surface area contributed by atoms with Crippen molar-refractivity contribution in [1.82, 2.24) is 19.1 Å². The highest BCUT2D eigenvalue weighted by atomic mass is 16.2. The largest absolute Gasteiger partial charge is 0.356 e. The fraction of sp³-hybridized carbons (Fsp3) is 0.417. The summed E-state index contributed by atoms with van der Waals surface area (Å²) in [4.78, 5) is 37.8. The summed E-state index contributed by atoms with van der Waals surface area (Å²) < 4.78 is 2.77. The number of aryl methyl sites for hydroxylation is 2. The molecule has 164 valence electrons. The van der Waals surface area contributed by atoms with Crippen LogP contribution in [0.15, 0.2) is 33.9 Å². The number of nitrogens with zero attached hydrogens (tertiary/aromatic N) is 5. The maximum atomic E-state index is 13.4. The molecule has 0 radical (unpaired) electrons. The summed E-state index contributed by atoms with van der Waals surface area (Å²) >= 11 is 0. The second-order valence-electron chi connectivity index (χ2n) is 8.47. The van der Waals surface area contributed by atoms with Crippen molar-refractivity contribution in [1.29, 1.82) is 0 Å². The van der Waals surface area contributed by atoms with E-state index in [-0.39, 0.29) is 24.7 Å². The van der Waals surface area contributed by atoms with Crippen LogP contribution in [-0.2, 0) is 25.9 Å². The highest BCUT2D eigenvalue weighted by Crippen LogP contribution is 2.28. The lowest BCUT2D eigenvalue weighted by atomic mass is 10.1. The van der Waals surface area contributed by atoms with Crippen LogP contribution >= 0.6 is 0 Å². The highest BCUT2D eigenvalue weighted by Gasteiger charge is 2.23. The predicted molar refractivity (Wildman–Crippen MR) is 124 cm³/mol. The van der Waals surface area contributed by atoms with Crippen molar-refractivity contribution in [3.63, 3.8) is 0 Å². The Hall–Kier alpha value is -3.44. The van der Waals surface area contributed by atoms with Gasteiger partial charge in [-0.1, -0.05) is 18.1 Å². The molecule has 1 unspecified atom stereocenters. The molecule has 1 saturated heterocycles. The van der Waals surface area contributed by atoms with Gasteiger partial charge in [0.1, 0.15) is 11.6 Å². The molecule has 3 aromatic rings. The molecular weight excluding hydrogens is 404 g/mol. The van der Waals surface area contributed by atoms with Gasteiger partial charge in [-0.25, -0.2) is 14.8 Å². The molecule has 5 rings (SSSR count). The number of aromatic nitrogens is 4. The molecular formula is C24H26N6O2. The number of rotatable bonds is 4. The summed E-state index contributed by atoms with van der Waals surface area (Å²) in [5.74, 6) is 6.87. The molecule has 2 aromatic heterocycles. The Morgan fingerprint density at radius 3 is 2.88 bits per heavy atom. The Labute approximate surface area is 185 Å². The molecule has 1 atom stereocenters. The van der Waals surface area contributed by atoms with Gasteiger partial charge >= 0.3 is 5.69 Å². The van der Waals surface area contributed by atoms with Gasteiger partial charge in [0.05, 0.1) is 24.3 Å². The molecule has 1 aliphatic carbocycles. The Kier molecular flexibility index (Phi) is 5.27. The van der Waals surface area contributed by atoms with Gasteiger partial charge in [-0.15, -0.1) is 5.92 Å². The molecule has 3 heterocycles. The van der Waals surface area contributed by atoms with Crippen molar-refractivity contribution >= 4 is 16.7 Å². The topological polar surface area (TPSA) is 99.0 Å². The first-order valence-electron chi connectivity index (χ1n) is 11.1. The Bertz CT molecular complexity index is 1380. The van der Waals surface area contributed by atoms with Crippen LogP contribution in [0.25, 0.3) is 10.9 Å². The molecule has 2 N–H and O–H groups in total. The van der Waals surface area contributed by atoms with Gasteiger partial charge in [0, 0.05) is 30.6 Å². The third-order valence-electron chi connectivity index (χ3n) is 6.31. The quantitative estimate of drug-likeness (QED) is 0.622. The zero-order valence-corrected chi connectivity index (χ0v) is 18.2. The van der Waals surface area contributed by atoms with E-state index in [1.165, 1.54) is 16.2 Å². The van der Waals surface area contributed by atoms with E-state index in [2.05, 4.69) is 27.9 Å². The summed E-state index contributed by atoms with van der Waals surface area (Å²) in [6, 6.07) is 7.60. The van der Waals surface area contributed by atoms with Crippen LogP contribution in [0.3, 0.4) is 0 Å². The van der Waals surface area contributed by atoms with E-state index in [1.54, 1.807) is 11.5 Å². The monoisotopic (exact) mass is 430 g/mol. The Morgan fingerprint density at radius 2 is 2.06 bits per heavy atom. The molecule has 8 heteroatoms. The maximum Gasteiger partial charge on any atom is 0.333 e. The second-order valence-corrected chi connectivity index (χ2v) is 8.47. The minimum atomic E-state index is -0.400. The Morgan fingerprint density at radius 1 is 1.19 bits per heavy atom. The van der Waals surface area contributed by atoms with E-state index in [0.29, 0.717) is 18.2 Å². The lowest BCUT2D eigenvalue weighted by molar-refractivity contribution is 0.491. The SMILES string of the molecule is CC#CCn1c(N2CCCC(N)C2)cc(=O)n(Cc2nc3c4c(cccc4n2)CC3)c1=O. The van der Waals surface area contributed by atoms with Crippen LogP contribution in [0.4, 0.5) is 5.82 Å². The zero-order chi connectivity index (χ0) is 22.2. The number of anilines is 1. The van der Waals surface area contributed by atoms with Gasteiger partial charge in [0.15, 0.2) is 0 Å². The van der Waals surface area contributed by atoms with E-state index < -0.39 is 5.69 Å². The number of benzene rings is 1. The fourth-order valence-corrected chi connectivity index (χ4v) is 4.78. The zero-order valence-electron chi connectivity index (χ0n) is 18.2. The second kappa shape index (κ2) is 8.24. The third kappa shape index (κ3) is 3.59. The van der Waals surface area contributed by atoms with Crippen molar-refractivity contribution in [2.24, 2.45) is 5.73 Å². The molecule has 1 aliphatic heterocycles. The van der Waals surface area contributed by atoms with E-state index in [0.717, 1.165) is 48.8 Å².